The molecule has 0 amide bonds. The van der Waals surface area contributed by atoms with Crippen molar-refractivity contribution in [3.8, 4) is 0 Å². The molecule has 0 aromatic carbocycles. The quantitative estimate of drug-likeness (QED) is 0.828. The molecule has 1 aromatic rings. The normalized spacial score (nSPS) is 21.4. The molecule has 106 valence electrons. The molecule has 19 heavy (non-hydrogen) atoms. The van der Waals surface area contributed by atoms with E-state index in [1.807, 2.05) is 6.92 Å². The van der Waals surface area contributed by atoms with Crippen molar-refractivity contribution < 1.29 is 18.3 Å². The minimum atomic E-state index is -3.06. The molecule has 1 aliphatic heterocycles. The molecule has 0 radical (unpaired) electrons. The Bertz CT molecular complexity index is 569. The molecule has 1 atom stereocenters. The Morgan fingerprint density at radius 1 is 1.58 bits per heavy atom. The van der Waals surface area contributed by atoms with Crippen molar-refractivity contribution in [1.29, 1.82) is 0 Å². The number of rotatable bonds is 5. The van der Waals surface area contributed by atoms with E-state index in [0.29, 0.717) is 23.8 Å². The summed E-state index contributed by atoms with van der Waals surface area (Å²) in [7, 11) is -3.06. The van der Waals surface area contributed by atoms with Crippen molar-refractivity contribution in [1.82, 2.24) is 9.36 Å². The van der Waals surface area contributed by atoms with E-state index in [9.17, 15) is 13.2 Å². The minimum Gasteiger partial charge on any atom is -0.480 e. The van der Waals surface area contributed by atoms with E-state index in [1.165, 1.54) is 0 Å². The lowest BCUT2D eigenvalue weighted by atomic mass is 10.2. The number of carboxylic acid groups (broad SMARTS) is 1. The summed E-state index contributed by atoms with van der Waals surface area (Å²) < 4.78 is 27.2. The van der Waals surface area contributed by atoms with E-state index in [1.54, 1.807) is 4.90 Å². The van der Waals surface area contributed by atoms with Crippen LogP contribution in [0, 0.1) is 0 Å². The summed E-state index contributed by atoms with van der Waals surface area (Å²) in [5.74, 6) is -0.261. The van der Waals surface area contributed by atoms with Crippen LogP contribution < -0.4 is 4.90 Å². The smallest absolute Gasteiger partial charge is 0.323 e. The van der Waals surface area contributed by atoms with Crippen LogP contribution in [-0.4, -0.2) is 52.9 Å². The molecular weight excluding hydrogens is 290 g/mol. The Hall–Kier alpha value is -1.22. The second-order valence-corrected chi connectivity index (χ2v) is 7.38. The summed E-state index contributed by atoms with van der Waals surface area (Å²) in [5.41, 5.74) is 0. The number of sulfone groups is 1. The van der Waals surface area contributed by atoms with Gasteiger partial charge >= 0.3 is 5.97 Å². The van der Waals surface area contributed by atoms with Gasteiger partial charge in [0, 0.05) is 24.0 Å². The number of aliphatic carboxylic acids is 1. The predicted molar refractivity (Wildman–Crippen MR) is 71.3 cm³/mol. The molecule has 7 nitrogen and oxygen atoms in total. The zero-order valence-corrected chi connectivity index (χ0v) is 12.1. The maximum Gasteiger partial charge on any atom is 0.323 e. The molecule has 0 saturated carbocycles. The summed E-state index contributed by atoms with van der Waals surface area (Å²) in [6, 6.07) is -0.321. The van der Waals surface area contributed by atoms with Crippen LogP contribution in [0.1, 0.15) is 19.2 Å². The largest absolute Gasteiger partial charge is 0.480 e. The molecule has 1 aromatic heterocycles. The second-order valence-electron chi connectivity index (χ2n) is 4.43. The Balaban J connectivity index is 2.23. The average Bonchev–Trinajstić information content (AvgIpc) is 2.92. The standard InChI is InChI=1S/C10H15N3O4S2/c1-2-8-11-10(18-12-8)13(5-9(14)15)7-3-4-19(16,17)6-7/h7H,2-6H2,1H3,(H,14,15). The highest BCUT2D eigenvalue weighted by Gasteiger charge is 2.34. The maximum atomic E-state index is 11.5. The number of carbonyl (C=O) groups is 1. The number of aromatic nitrogens is 2. The second kappa shape index (κ2) is 5.41. The fourth-order valence-corrected chi connectivity index (χ4v) is 4.58. The van der Waals surface area contributed by atoms with Crippen molar-refractivity contribution in [2.45, 2.75) is 25.8 Å². The number of aryl methyl sites for hydroxylation is 1. The van der Waals surface area contributed by atoms with Gasteiger partial charge < -0.3 is 10.0 Å². The van der Waals surface area contributed by atoms with Gasteiger partial charge in [0.25, 0.3) is 0 Å². The van der Waals surface area contributed by atoms with E-state index < -0.39 is 15.8 Å². The third-order valence-electron chi connectivity index (χ3n) is 2.97. The highest BCUT2D eigenvalue weighted by Crippen LogP contribution is 2.25. The van der Waals surface area contributed by atoms with Crippen molar-refractivity contribution in [2.75, 3.05) is 23.0 Å². The number of hydrogen-bond acceptors (Lipinski definition) is 7. The molecule has 1 N–H and O–H groups in total. The fraction of sp³-hybridized carbons (Fsp3) is 0.700. The zero-order valence-electron chi connectivity index (χ0n) is 10.4. The van der Waals surface area contributed by atoms with Crippen LogP contribution in [0.4, 0.5) is 5.13 Å². The Kier molecular flexibility index (Phi) is 4.04. The molecule has 1 saturated heterocycles. The fourth-order valence-electron chi connectivity index (χ4n) is 2.02. The monoisotopic (exact) mass is 305 g/mol. The molecule has 2 rings (SSSR count). The van der Waals surface area contributed by atoms with Gasteiger partial charge in [-0.15, -0.1) is 0 Å². The molecule has 0 aliphatic carbocycles. The molecule has 1 fully saturated rings. The van der Waals surface area contributed by atoms with Gasteiger partial charge in [-0.3, -0.25) is 4.79 Å². The summed E-state index contributed by atoms with van der Waals surface area (Å²) in [5, 5.41) is 9.45. The van der Waals surface area contributed by atoms with E-state index in [-0.39, 0.29) is 24.1 Å². The Labute approximate surface area is 115 Å². The topological polar surface area (TPSA) is 100 Å². The first-order chi connectivity index (χ1) is 8.91. The van der Waals surface area contributed by atoms with Gasteiger partial charge in [0.1, 0.15) is 12.4 Å². The van der Waals surface area contributed by atoms with Gasteiger partial charge in [-0.1, -0.05) is 6.92 Å². The number of carboxylic acids is 1. The first kappa shape index (κ1) is 14.2. The van der Waals surface area contributed by atoms with E-state index in [2.05, 4.69) is 9.36 Å². The molecule has 1 unspecified atom stereocenters. The van der Waals surface area contributed by atoms with Crippen molar-refractivity contribution >= 4 is 32.5 Å². The van der Waals surface area contributed by atoms with Crippen molar-refractivity contribution in [2.24, 2.45) is 0 Å². The third-order valence-corrected chi connectivity index (χ3v) is 5.52. The average molecular weight is 305 g/mol. The lowest BCUT2D eigenvalue weighted by molar-refractivity contribution is -0.135. The number of hydrogen-bond donors (Lipinski definition) is 1. The zero-order chi connectivity index (χ0) is 14.0. The highest BCUT2D eigenvalue weighted by atomic mass is 32.2. The Morgan fingerprint density at radius 3 is 2.79 bits per heavy atom. The number of anilines is 1. The van der Waals surface area contributed by atoms with Crippen LogP contribution in [0.25, 0.3) is 0 Å². The Morgan fingerprint density at radius 2 is 2.32 bits per heavy atom. The lowest BCUT2D eigenvalue weighted by Crippen LogP contribution is -2.40. The first-order valence-electron chi connectivity index (χ1n) is 5.92. The van der Waals surface area contributed by atoms with Crippen LogP contribution >= 0.6 is 11.5 Å². The SMILES string of the molecule is CCc1nsc(N(CC(=O)O)C2CCS(=O)(=O)C2)n1. The summed E-state index contributed by atoms with van der Waals surface area (Å²) in [6.07, 6.45) is 1.11. The summed E-state index contributed by atoms with van der Waals surface area (Å²) >= 11 is 1.12. The maximum absolute atomic E-state index is 11.5. The first-order valence-corrected chi connectivity index (χ1v) is 8.52. The lowest BCUT2D eigenvalue weighted by Gasteiger charge is -2.25. The summed E-state index contributed by atoms with van der Waals surface area (Å²) in [6.45, 7) is 1.66. The molecule has 9 heteroatoms. The van der Waals surface area contributed by atoms with E-state index in [4.69, 9.17) is 5.11 Å². The third kappa shape index (κ3) is 3.41. The molecular formula is C10H15N3O4S2. The molecule has 0 bridgehead atoms. The van der Waals surface area contributed by atoms with Crippen LogP contribution in [0.3, 0.4) is 0 Å². The van der Waals surface area contributed by atoms with Crippen LogP contribution in [0.2, 0.25) is 0 Å². The molecule has 1 aliphatic rings. The van der Waals surface area contributed by atoms with Gasteiger partial charge in [0.15, 0.2) is 9.84 Å². The van der Waals surface area contributed by atoms with Crippen LogP contribution in [0.15, 0.2) is 0 Å². The van der Waals surface area contributed by atoms with Gasteiger partial charge in [0.05, 0.1) is 11.5 Å². The molecule has 0 spiro atoms. The van der Waals surface area contributed by atoms with Crippen LogP contribution in [0.5, 0.6) is 0 Å². The predicted octanol–water partition coefficient (Wildman–Crippen LogP) is 0.179. The summed E-state index contributed by atoms with van der Waals surface area (Å²) in [4.78, 5) is 16.7. The van der Waals surface area contributed by atoms with Gasteiger partial charge in [0.2, 0.25) is 5.13 Å². The molecule has 2 heterocycles. The number of nitrogens with zero attached hydrogens (tertiary/aromatic N) is 3. The van der Waals surface area contributed by atoms with Gasteiger partial charge in [-0.2, -0.15) is 4.37 Å². The van der Waals surface area contributed by atoms with E-state index >= 15 is 0 Å². The minimum absolute atomic E-state index is 0.0126. The van der Waals surface area contributed by atoms with Gasteiger partial charge in [-0.25, -0.2) is 13.4 Å². The highest BCUT2D eigenvalue weighted by molar-refractivity contribution is 7.91. The van der Waals surface area contributed by atoms with Crippen molar-refractivity contribution in [3.63, 3.8) is 0 Å². The van der Waals surface area contributed by atoms with E-state index in [0.717, 1.165) is 11.5 Å². The van der Waals surface area contributed by atoms with Crippen molar-refractivity contribution in [3.05, 3.63) is 5.82 Å². The van der Waals surface area contributed by atoms with Crippen LogP contribution in [-0.2, 0) is 21.1 Å². The van der Waals surface area contributed by atoms with Gasteiger partial charge in [-0.05, 0) is 6.42 Å².